The molecule has 0 heterocycles. The van der Waals surface area contributed by atoms with Crippen molar-refractivity contribution >= 4 is 45.9 Å². The zero-order valence-corrected chi connectivity index (χ0v) is 19.4. The molecule has 0 aliphatic carbocycles. The highest BCUT2D eigenvalue weighted by molar-refractivity contribution is 14.0. The first kappa shape index (κ1) is 25.6. The summed E-state index contributed by atoms with van der Waals surface area (Å²) in [6.45, 7) is 2.97. The summed E-state index contributed by atoms with van der Waals surface area (Å²) >= 11 is 0. The number of nitrogens with one attached hydrogen (secondary N) is 3. The van der Waals surface area contributed by atoms with E-state index in [1.807, 2.05) is 18.2 Å². The molecule has 0 spiro atoms. The van der Waals surface area contributed by atoms with Crippen LogP contribution in [0.25, 0.3) is 0 Å². The number of guanidine groups is 1. The maximum atomic E-state index is 12.0. The van der Waals surface area contributed by atoms with E-state index >= 15 is 0 Å². The maximum absolute atomic E-state index is 12.0. The summed E-state index contributed by atoms with van der Waals surface area (Å²) in [5.74, 6) is 0.642. The normalized spacial score (nSPS) is 11.5. The van der Waals surface area contributed by atoms with Gasteiger partial charge in [0.05, 0.1) is 5.75 Å². The number of benzene rings is 1. The van der Waals surface area contributed by atoms with Gasteiger partial charge in [-0.25, -0.2) is 13.1 Å². The summed E-state index contributed by atoms with van der Waals surface area (Å²) in [5, 5.41) is 6.22. The van der Waals surface area contributed by atoms with Gasteiger partial charge in [0.15, 0.2) is 5.96 Å². The number of carbonyl (C=O) groups excluding carboxylic acids is 1. The van der Waals surface area contributed by atoms with Gasteiger partial charge in [0, 0.05) is 46.3 Å². The van der Waals surface area contributed by atoms with Gasteiger partial charge in [0.1, 0.15) is 0 Å². The molecule has 1 amide bonds. The number of amides is 1. The molecule has 0 bridgehead atoms. The third-order valence-electron chi connectivity index (χ3n) is 3.63. The zero-order chi connectivity index (χ0) is 19.6. The number of aliphatic imine (C=N–C) groups is 1. The van der Waals surface area contributed by atoms with Gasteiger partial charge in [-0.2, -0.15) is 0 Å². The molecule has 0 atom stereocenters. The predicted molar refractivity (Wildman–Crippen MR) is 120 cm³/mol. The van der Waals surface area contributed by atoms with Crippen molar-refractivity contribution in [2.24, 2.45) is 4.99 Å². The van der Waals surface area contributed by atoms with Crippen LogP contribution in [0, 0.1) is 0 Å². The van der Waals surface area contributed by atoms with Crippen LogP contribution in [0.4, 0.5) is 0 Å². The van der Waals surface area contributed by atoms with Crippen LogP contribution in [0.3, 0.4) is 0 Å². The van der Waals surface area contributed by atoms with Crippen LogP contribution < -0.4 is 15.4 Å². The van der Waals surface area contributed by atoms with Gasteiger partial charge >= 0.3 is 0 Å². The van der Waals surface area contributed by atoms with Crippen molar-refractivity contribution in [1.82, 2.24) is 20.3 Å². The highest BCUT2D eigenvalue weighted by Gasteiger charge is 2.08. The molecule has 1 aromatic rings. The zero-order valence-electron chi connectivity index (χ0n) is 16.3. The van der Waals surface area contributed by atoms with Crippen LogP contribution in [0.2, 0.25) is 0 Å². The molecule has 10 heteroatoms. The summed E-state index contributed by atoms with van der Waals surface area (Å²) in [7, 11) is 1.94. The van der Waals surface area contributed by atoms with Gasteiger partial charge < -0.3 is 15.5 Å². The van der Waals surface area contributed by atoms with Crippen LogP contribution in [0.5, 0.6) is 0 Å². The Balaban J connectivity index is 0.00000676. The van der Waals surface area contributed by atoms with Crippen LogP contribution in [0.15, 0.2) is 29.3 Å². The summed E-state index contributed by atoms with van der Waals surface area (Å²) < 4.78 is 25.2. The topological polar surface area (TPSA) is 103 Å². The highest BCUT2D eigenvalue weighted by Crippen LogP contribution is 2.07. The Bertz CT molecular complexity index is 723. The van der Waals surface area contributed by atoms with E-state index in [0.29, 0.717) is 31.2 Å². The van der Waals surface area contributed by atoms with Crippen molar-refractivity contribution in [2.75, 3.05) is 46.5 Å². The monoisotopic (exact) mass is 511 g/mol. The minimum Gasteiger partial charge on any atom is -0.356 e. The Hall–Kier alpha value is -1.40. The minimum absolute atomic E-state index is 0. The summed E-state index contributed by atoms with van der Waals surface area (Å²) in [6, 6.07) is 7.54. The number of hydrogen-bond acceptors (Lipinski definition) is 4. The van der Waals surface area contributed by atoms with Crippen LogP contribution >= 0.6 is 24.0 Å². The van der Waals surface area contributed by atoms with Gasteiger partial charge in [0.25, 0.3) is 5.91 Å². The Morgan fingerprint density at radius 2 is 1.81 bits per heavy atom. The van der Waals surface area contributed by atoms with E-state index in [0.717, 1.165) is 12.0 Å². The molecule has 154 valence electrons. The molecule has 0 aromatic heterocycles. The van der Waals surface area contributed by atoms with E-state index in [1.54, 1.807) is 39.0 Å². The first-order valence-corrected chi connectivity index (χ1v) is 10.2. The third kappa shape index (κ3) is 9.91. The lowest BCUT2D eigenvalue weighted by molar-refractivity contribution is 0.0827. The van der Waals surface area contributed by atoms with Crippen LogP contribution in [-0.4, -0.2) is 71.7 Å². The van der Waals surface area contributed by atoms with Crippen LogP contribution in [-0.2, 0) is 16.4 Å². The van der Waals surface area contributed by atoms with Crippen molar-refractivity contribution in [3.8, 4) is 0 Å². The fourth-order valence-corrected chi connectivity index (χ4v) is 2.77. The highest BCUT2D eigenvalue weighted by atomic mass is 127. The summed E-state index contributed by atoms with van der Waals surface area (Å²) in [5.41, 5.74) is 1.72. The molecule has 1 rings (SSSR count). The standard InChI is InChI=1S/C17H29N5O3S.HI/c1-5-26(24,25)21-12-11-20-17(18-2)19-10-9-14-7-6-8-15(13-14)16(23)22(3)4;/h6-8,13,21H,5,9-12H2,1-4H3,(H2,18,19,20);1H. The second-order valence-electron chi connectivity index (χ2n) is 5.87. The molecule has 0 saturated carbocycles. The fraction of sp³-hybridized carbons (Fsp3) is 0.529. The molecule has 27 heavy (non-hydrogen) atoms. The number of nitrogens with zero attached hydrogens (tertiary/aromatic N) is 2. The van der Waals surface area contributed by atoms with Gasteiger partial charge in [-0.05, 0) is 31.0 Å². The average molecular weight is 511 g/mol. The largest absolute Gasteiger partial charge is 0.356 e. The Morgan fingerprint density at radius 1 is 1.15 bits per heavy atom. The minimum atomic E-state index is -3.18. The maximum Gasteiger partial charge on any atom is 0.253 e. The first-order chi connectivity index (χ1) is 12.3. The van der Waals surface area contributed by atoms with E-state index in [2.05, 4.69) is 20.3 Å². The second-order valence-corrected chi connectivity index (χ2v) is 7.97. The molecule has 1 aromatic carbocycles. The molecule has 0 aliphatic rings. The summed E-state index contributed by atoms with van der Waals surface area (Å²) in [4.78, 5) is 17.6. The Labute approximate surface area is 179 Å². The van der Waals surface area contributed by atoms with Crippen molar-refractivity contribution in [3.63, 3.8) is 0 Å². The lowest BCUT2D eigenvalue weighted by atomic mass is 10.1. The molecule has 0 aliphatic heterocycles. The van der Waals surface area contributed by atoms with E-state index in [1.165, 1.54) is 0 Å². The first-order valence-electron chi connectivity index (χ1n) is 8.51. The number of halogens is 1. The number of rotatable bonds is 9. The van der Waals surface area contributed by atoms with Crippen molar-refractivity contribution in [3.05, 3.63) is 35.4 Å². The van der Waals surface area contributed by atoms with Gasteiger partial charge in [0.2, 0.25) is 10.0 Å². The van der Waals surface area contributed by atoms with Crippen molar-refractivity contribution in [2.45, 2.75) is 13.3 Å². The number of carbonyl (C=O) groups is 1. The van der Waals surface area contributed by atoms with Crippen molar-refractivity contribution in [1.29, 1.82) is 0 Å². The molecular weight excluding hydrogens is 481 g/mol. The van der Waals surface area contributed by atoms with E-state index in [9.17, 15) is 13.2 Å². The molecule has 0 saturated heterocycles. The predicted octanol–water partition coefficient (Wildman–Crippen LogP) is 0.653. The average Bonchev–Trinajstić information content (AvgIpc) is 2.63. The van der Waals surface area contributed by atoms with Crippen molar-refractivity contribution < 1.29 is 13.2 Å². The van der Waals surface area contributed by atoms with E-state index in [4.69, 9.17) is 0 Å². The fourth-order valence-electron chi connectivity index (χ4n) is 2.15. The molecule has 3 N–H and O–H groups in total. The Morgan fingerprint density at radius 3 is 2.41 bits per heavy atom. The van der Waals surface area contributed by atoms with Gasteiger partial charge in [-0.3, -0.25) is 9.79 Å². The van der Waals surface area contributed by atoms with E-state index < -0.39 is 10.0 Å². The van der Waals surface area contributed by atoms with Gasteiger partial charge in [-0.1, -0.05) is 12.1 Å². The molecule has 8 nitrogen and oxygen atoms in total. The lowest BCUT2D eigenvalue weighted by Crippen LogP contribution is -2.42. The quantitative estimate of drug-likeness (QED) is 0.196. The van der Waals surface area contributed by atoms with Crippen LogP contribution in [0.1, 0.15) is 22.8 Å². The second kappa shape index (κ2) is 12.9. The molecule has 0 fully saturated rings. The molecule has 0 radical (unpaired) electrons. The Kier molecular flexibility index (Phi) is 12.2. The van der Waals surface area contributed by atoms with E-state index in [-0.39, 0.29) is 35.6 Å². The lowest BCUT2D eigenvalue weighted by Gasteiger charge is -2.13. The SMILES string of the molecule is CCS(=O)(=O)NCCNC(=NC)NCCc1cccc(C(=O)N(C)C)c1.I. The molecule has 0 unspecified atom stereocenters. The smallest absolute Gasteiger partial charge is 0.253 e. The third-order valence-corrected chi connectivity index (χ3v) is 5.03. The molecular formula is C17H30IN5O3S. The number of hydrogen-bond donors (Lipinski definition) is 3. The van der Waals surface area contributed by atoms with Gasteiger partial charge in [-0.15, -0.1) is 24.0 Å². The summed E-state index contributed by atoms with van der Waals surface area (Å²) in [6.07, 6.45) is 0.734. The number of sulfonamides is 1.